The summed E-state index contributed by atoms with van der Waals surface area (Å²) in [4.78, 5) is 18.8. The second kappa shape index (κ2) is 36.2. The molecule has 14 aromatic rings. The number of halogens is 4. The summed E-state index contributed by atoms with van der Waals surface area (Å²) in [5, 5.41) is 20.2. The van der Waals surface area contributed by atoms with E-state index in [0.717, 1.165) is 73.0 Å². The summed E-state index contributed by atoms with van der Waals surface area (Å²) < 4.78 is 56.0. The summed E-state index contributed by atoms with van der Waals surface area (Å²) in [6.07, 6.45) is 23.5. The first-order chi connectivity index (χ1) is 41.4. The van der Waals surface area contributed by atoms with Gasteiger partial charge in [0.2, 0.25) is 0 Å². The number of benzene rings is 4. The average molecular weight is 1210 g/mol. The summed E-state index contributed by atoms with van der Waals surface area (Å²) in [6, 6.07) is 41.5. The van der Waals surface area contributed by atoms with Gasteiger partial charge in [0.05, 0.1) is 59.8 Å². The van der Waals surface area contributed by atoms with Crippen molar-refractivity contribution in [1.82, 2.24) is 50.7 Å². The number of pyridine rings is 1. The zero-order valence-electron chi connectivity index (χ0n) is 46.2. The highest BCUT2D eigenvalue weighted by Gasteiger charge is 2.14. The van der Waals surface area contributed by atoms with E-state index >= 15 is 0 Å². The molecule has 0 radical (unpaired) electrons. The van der Waals surface area contributed by atoms with E-state index < -0.39 is 0 Å². The van der Waals surface area contributed by atoms with Crippen LogP contribution in [0.3, 0.4) is 0 Å². The van der Waals surface area contributed by atoms with Crippen LogP contribution >= 0.6 is 34.8 Å². The van der Waals surface area contributed by atoms with Crippen LogP contribution in [0.1, 0.15) is 47.1 Å². The minimum absolute atomic E-state index is 0.145. The average Bonchev–Trinajstić information content (AvgIpc) is 4.59. The molecule has 14 rings (SSSR count). The van der Waals surface area contributed by atoms with Crippen molar-refractivity contribution < 1.29 is 44.7 Å². The van der Waals surface area contributed by atoms with Crippen molar-refractivity contribution in [2.75, 3.05) is 0 Å². The minimum atomic E-state index is -0.252. The fourth-order valence-electron chi connectivity index (χ4n) is 6.39. The van der Waals surface area contributed by atoms with E-state index in [-0.39, 0.29) is 11.7 Å². The number of nitrogens with zero attached hydrogens (tertiary/aromatic N) is 10. The van der Waals surface area contributed by atoms with Gasteiger partial charge in [-0.25, -0.2) is 24.3 Å². The van der Waals surface area contributed by atoms with Crippen molar-refractivity contribution in [1.29, 1.82) is 0 Å². The maximum atomic E-state index is 12.5. The van der Waals surface area contributed by atoms with Crippen molar-refractivity contribution >= 4 is 34.8 Å². The van der Waals surface area contributed by atoms with E-state index in [4.69, 9.17) is 66.3 Å². The van der Waals surface area contributed by atoms with E-state index in [2.05, 4.69) is 59.5 Å². The Kier molecular flexibility index (Phi) is 27.2. The molecule has 19 nitrogen and oxygen atoms in total. The van der Waals surface area contributed by atoms with Crippen molar-refractivity contribution in [2.24, 2.45) is 0 Å². The molecule has 434 valence electrons. The monoisotopic (exact) mass is 1210 g/mol. The maximum Gasteiger partial charge on any atom is 0.181 e. The Morgan fingerprint density at radius 1 is 0.459 bits per heavy atom. The smallest absolute Gasteiger partial charge is 0.181 e. The Bertz CT molecular complexity index is 3770. The summed E-state index contributed by atoms with van der Waals surface area (Å²) in [5.41, 5.74) is 6.55. The molecule has 1 unspecified atom stereocenters. The normalized spacial score (nSPS) is 10.1. The highest BCUT2D eigenvalue weighted by molar-refractivity contribution is 6.33. The fraction of sp³-hybridized carbons (Fsp3) is 0.0968. The van der Waals surface area contributed by atoms with E-state index in [1.165, 1.54) is 44.0 Å². The molecular formula is C62H54Cl3FN10O9. The minimum Gasteiger partial charge on any atom is -0.452 e. The van der Waals surface area contributed by atoms with Gasteiger partial charge in [0.15, 0.2) is 48.6 Å². The summed E-state index contributed by atoms with van der Waals surface area (Å²) in [6.45, 7) is 9.58. The molecule has 23 heteroatoms. The molecule has 10 aromatic heterocycles. The van der Waals surface area contributed by atoms with Gasteiger partial charge in [-0.05, 0) is 100.0 Å². The standard InChI is InChI=1S/C11H10ClNO.2C9H6ClNO.C9H6FNO.C8H6N2O.C5H7NO.2C4H5NO.C3H3NO/c1-8(11-6-7-13-14-11)9-4-2-3-5-10(9)12;10-8-3-1-2-7(6-8)9-4-5-11-12-9;10-8-4-2-1-3-7(8)9-5-6-11-12-9;10-8-3-1-7(2-4-8)9-5-6-11-12-9;1-2-7(6-9-4-1)8-3-5-10-11-8;1-4-5(2)7-3-6-4;1-4-2-6-3-5-4;1-4-2-5-3-6-4;1-2-5-3-4-1/h2-8H,1H3;3*1-6H;1-6H;3H,1-2H3;2*2-3H,1H3;1-3H. The van der Waals surface area contributed by atoms with Crippen LogP contribution in [-0.2, 0) is 0 Å². The van der Waals surface area contributed by atoms with E-state index in [1.807, 2.05) is 126 Å². The lowest BCUT2D eigenvalue weighted by molar-refractivity contribution is 0.376. The third kappa shape index (κ3) is 23.2. The van der Waals surface area contributed by atoms with Gasteiger partial charge in [0, 0.05) is 80.9 Å². The maximum absolute atomic E-state index is 12.5. The molecule has 10 heterocycles. The molecule has 0 aliphatic carbocycles. The van der Waals surface area contributed by atoms with Gasteiger partial charge in [-0.3, -0.25) is 4.98 Å². The topological polar surface area (TPSA) is 247 Å². The van der Waals surface area contributed by atoms with Crippen LogP contribution in [0.2, 0.25) is 15.1 Å². The van der Waals surface area contributed by atoms with Gasteiger partial charge in [-0.15, -0.1) is 0 Å². The quantitative estimate of drug-likeness (QED) is 0.150. The molecular weight excluding hydrogens is 1150 g/mol. The molecule has 0 aliphatic heterocycles. The van der Waals surface area contributed by atoms with Gasteiger partial charge in [-0.1, -0.05) is 110 Å². The highest BCUT2D eigenvalue weighted by Crippen LogP contribution is 2.30. The lowest BCUT2D eigenvalue weighted by Gasteiger charge is -2.09. The van der Waals surface area contributed by atoms with Crippen LogP contribution in [0.25, 0.3) is 45.3 Å². The molecule has 0 N–H and O–H groups in total. The number of oxazole rings is 4. The molecule has 1 atom stereocenters. The number of hydrogen-bond acceptors (Lipinski definition) is 19. The first-order valence-electron chi connectivity index (χ1n) is 25.3. The molecule has 0 aliphatic rings. The zero-order valence-corrected chi connectivity index (χ0v) is 48.4. The zero-order chi connectivity index (χ0) is 60.3. The molecule has 0 spiro atoms. The van der Waals surface area contributed by atoms with Gasteiger partial charge < -0.3 is 40.3 Å². The summed E-state index contributed by atoms with van der Waals surface area (Å²) >= 11 is 17.8. The second-order valence-corrected chi connectivity index (χ2v) is 18.1. The van der Waals surface area contributed by atoms with E-state index in [9.17, 15) is 4.39 Å². The van der Waals surface area contributed by atoms with Crippen LogP contribution in [0.4, 0.5) is 4.39 Å². The Hall–Kier alpha value is -10.3. The second-order valence-electron chi connectivity index (χ2n) is 16.8. The molecule has 0 amide bonds. The number of rotatable bonds is 6. The molecule has 4 aromatic carbocycles. The van der Waals surface area contributed by atoms with Gasteiger partial charge in [0.1, 0.15) is 35.6 Å². The first-order valence-corrected chi connectivity index (χ1v) is 26.4. The largest absolute Gasteiger partial charge is 0.452 e. The number of aryl methyl sites for hydroxylation is 4. The van der Waals surface area contributed by atoms with Gasteiger partial charge in [-0.2, -0.15) is 0 Å². The van der Waals surface area contributed by atoms with Crippen LogP contribution in [0.5, 0.6) is 0 Å². The SMILES string of the molecule is CC(c1ccno1)c1ccccc1Cl.Cc1cnco1.Cc1cocn1.Cc1ncoc1C.Clc1cccc(-c2ccno2)c1.Clc1ccccc1-c1ccno1.Fc1ccc(-c2ccno2)cc1.c1cncc(-c2ccno2)c1.c1cocn1. The highest BCUT2D eigenvalue weighted by atomic mass is 35.5. The van der Waals surface area contributed by atoms with Gasteiger partial charge in [0.25, 0.3) is 0 Å². The summed E-state index contributed by atoms with van der Waals surface area (Å²) in [5.74, 6) is 5.31. The molecule has 0 fully saturated rings. The fourth-order valence-corrected chi connectivity index (χ4v) is 7.11. The van der Waals surface area contributed by atoms with Crippen LogP contribution in [-0.4, -0.2) is 50.7 Å². The predicted octanol–water partition coefficient (Wildman–Crippen LogP) is 17.6. The van der Waals surface area contributed by atoms with Crippen molar-refractivity contribution in [3.05, 3.63) is 289 Å². The third-order valence-electron chi connectivity index (χ3n) is 10.8. The van der Waals surface area contributed by atoms with Crippen LogP contribution in [0, 0.1) is 33.5 Å². The third-order valence-corrected chi connectivity index (χ3v) is 11.7. The molecule has 0 saturated carbocycles. The predicted molar refractivity (Wildman–Crippen MR) is 316 cm³/mol. The Balaban J connectivity index is 0.000000156. The van der Waals surface area contributed by atoms with E-state index in [0.29, 0.717) is 21.6 Å². The Morgan fingerprint density at radius 2 is 1.08 bits per heavy atom. The van der Waals surface area contributed by atoms with Crippen molar-refractivity contribution in [3.8, 4) is 45.3 Å². The lowest BCUT2D eigenvalue weighted by atomic mass is 9.99. The number of hydrogen-bond donors (Lipinski definition) is 0. The van der Waals surface area contributed by atoms with Crippen molar-refractivity contribution in [2.45, 2.75) is 40.5 Å². The summed E-state index contributed by atoms with van der Waals surface area (Å²) in [7, 11) is 0. The molecule has 0 saturated heterocycles. The van der Waals surface area contributed by atoms with Crippen molar-refractivity contribution in [3.63, 3.8) is 0 Å². The van der Waals surface area contributed by atoms with Gasteiger partial charge >= 0.3 is 0 Å². The Morgan fingerprint density at radius 3 is 1.52 bits per heavy atom. The first kappa shape index (κ1) is 63.9. The number of aromatic nitrogens is 10. The van der Waals surface area contributed by atoms with Crippen LogP contribution < -0.4 is 0 Å². The molecule has 0 bridgehead atoms. The van der Waals surface area contributed by atoms with E-state index in [1.54, 1.807) is 98.4 Å². The Labute approximate surface area is 502 Å². The molecule has 85 heavy (non-hydrogen) atoms. The lowest BCUT2D eigenvalue weighted by Crippen LogP contribution is -1.94. The van der Waals surface area contributed by atoms with Crippen LogP contribution in [0.15, 0.2) is 274 Å².